The number of rotatable bonds is 6. The molecule has 2 rings (SSSR count). The second-order valence-corrected chi connectivity index (χ2v) is 6.01. The summed E-state index contributed by atoms with van der Waals surface area (Å²) in [6, 6.07) is 8.69. The van der Waals surface area contributed by atoms with Gasteiger partial charge in [0.1, 0.15) is 18.1 Å². The van der Waals surface area contributed by atoms with Crippen LogP contribution < -0.4 is 5.32 Å². The van der Waals surface area contributed by atoms with Crippen molar-refractivity contribution >= 4 is 23.2 Å². The van der Waals surface area contributed by atoms with Crippen molar-refractivity contribution in [2.24, 2.45) is 5.92 Å². The molecule has 1 aromatic heterocycles. The maximum Gasteiger partial charge on any atom is 0.224 e. The van der Waals surface area contributed by atoms with Crippen molar-refractivity contribution in [2.45, 2.75) is 33.3 Å². The van der Waals surface area contributed by atoms with Crippen molar-refractivity contribution in [1.82, 2.24) is 0 Å². The van der Waals surface area contributed by atoms with E-state index >= 15 is 0 Å². The first-order valence-electron chi connectivity index (χ1n) is 7.29. The van der Waals surface area contributed by atoms with Crippen LogP contribution in [0.5, 0.6) is 0 Å². The van der Waals surface area contributed by atoms with E-state index in [1.165, 1.54) is 0 Å². The summed E-state index contributed by atoms with van der Waals surface area (Å²) in [6.45, 7) is 4.01. The lowest BCUT2D eigenvalue weighted by molar-refractivity contribution is -0.116. The molecule has 118 valence electrons. The molecule has 5 heteroatoms. The highest BCUT2D eigenvalue weighted by molar-refractivity contribution is 6.33. The van der Waals surface area contributed by atoms with Crippen LogP contribution >= 0.6 is 11.6 Å². The Bertz CT molecular complexity index is 649. The lowest BCUT2D eigenvalue weighted by Crippen LogP contribution is -2.12. The zero-order valence-corrected chi connectivity index (χ0v) is 13.5. The van der Waals surface area contributed by atoms with E-state index < -0.39 is 0 Å². The number of nitrogens with one attached hydrogen (secondary N) is 1. The lowest BCUT2D eigenvalue weighted by atomic mass is 10.1. The molecule has 22 heavy (non-hydrogen) atoms. The van der Waals surface area contributed by atoms with E-state index in [1.54, 1.807) is 30.3 Å². The van der Waals surface area contributed by atoms with Gasteiger partial charge in [0, 0.05) is 17.7 Å². The third-order valence-electron chi connectivity index (χ3n) is 3.28. The fraction of sp³-hybridized carbons (Fsp3) is 0.353. The van der Waals surface area contributed by atoms with Gasteiger partial charge in [0.25, 0.3) is 0 Å². The third kappa shape index (κ3) is 4.36. The normalized spacial score (nSPS) is 11.0. The molecule has 0 saturated heterocycles. The maximum absolute atomic E-state index is 11.9. The van der Waals surface area contributed by atoms with E-state index in [9.17, 15) is 4.79 Å². The van der Waals surface area contributed by atoms with Gasteiger partial charge < -0.3 is 14.8 Å². The highest BCUT2D eigenvalue weighted by Gasteiger charge is 2.11. The number of carbonyl (C=O) groups is 1. The average molecular weight is 322 g/mol. The molecule has 0 aliphatic rings. The van der Waals surface area contributed by atoms with Crippen molar-refractivity contribution < 1.29 is 14.3 Å². The molecular formula is C17H20ClNO3. The fourth-order valence-electron chi connectivity index (χ4n) is 2.04. The maximum atomic E-state index is 11.9. The summed E-state index contributed by atoms with van der Waals surface area (Å²) in [6.07, 6.45) is 1.34. The Morgan fingerprint density at radius 3 is 2.73 bits per heavy atom. The minimum Gasteiger partial charge on any atom is -0.459 e. The molecule has 1 heterocycles. The van der Waals surface area contributed by atoms with Crippen LogP contribution in [0, 0.1) is 5.92 Å². The number of anilines is 1. The van der Waals surface area contributed by atoms with Crippen LogP contribution in [0.1, 0.15) is 32.4 Å². The monoisotopic (exact) mass is 321 g/mol. The Morgan fingerprint density at radius 2 is 2.09 bits per heavy atom. The van der Waals surface area contributed by atoms with Gasteiger partial charge in [0.05, 0.1) is 5.02 Å². The topological polar surface area (TPSA) is 62.5 Å². The van der Waals surface area contributed by atoms with Gasteiger partial charge in [-0.25, -0.2) is 0 Å². The van der Waals surface area contributed by atoms with Gasteiger partial charge in [-0.2, -0.15) is 0 Å². The summed E-state index contributed by atoms with van der Waals surface area (Å²) in [4.78, 5) is 11.9. The smallest absolute Gasteiger partial charge is 0.224 e. The van der Waals surface area contributed by atoms with Crippen LogP contribution in [0.15, 0.2) is 34.7 Å². The fourth-order valence-corrected chi connectivity index (χ4v) is 2.25. The Hall–Kier alpha value is -1.78. The lowest BCUT2D eigenvalue weighted by Gasteiger charge is -2.09. The molecule has 0 saturated carbocycles. The third-order valence-corrected chi connectivity index (χ3v) is 3.61. The zero-order chi connectivity index (χ0) is 16.1. The highest BCUT2D eigenvalue weighted by Crippen LogP contribution is 2.32. The summed E-state index contributed by atoms with van der Waals surface area (Å²) in [7, 11) is 0. The standard InChI is InChI=1S/C17H20ClNO3/c1-11(2)3-8-17(21)19-12-4-6-15(18)14(9-12)16-7-5-13(10-20)22-16/h4-7,9,11,20H,3,8,10H2,1-2H3,(H,19,21). The van der Waals surface area contributed by atoms with Crippen LogP contribution in [-0.2, 0) is 11.4 Å². The van der Waals surface area contributed by atoms with Crippen LogP contribution in [-0.4, -0.2) is 11.0 Å². The van der Waals surface area contributed by atoms with Crippen molar-refractivity contribution in [1.29, 1.82) is 0 Å². The quantitative estimate of drug-likeness (QED) is 0.825. The number of hydrogen-bond donors (Lipinski definition) is 2. The predicted molar refractivity (Wildman–Crippen MR) is 87.8 cm³/mol. The molecule has 1 aromatic carbocycles. The first kappa shape index (κ1) is 16.6. The minimum absolute atomic E-state index is 0.0162. The van der Waals surface area contributed by atoms with Crippen LogP contribution in [0.25, 0.3) is 11.3 Å². The Balaban J connectivity index is 2.14. The minimum atomic E-state index is -0.163. The zero-order valence-electron chi connectivity index (χ0n) is 12.7. The number of aliphatic hydroxyl groups excluding tert-OH is 1. The number of furan rings is 1. The highest BCUT2D eigenvalue weighted by atomic mass is 35.5. The van der Waals surface area contributed by atoms with Gasteiger partial charge in [-0.1, -0.05) is 25.4 Å². The second-order valence-electron chi connectivity index (χ2n) is 5.60. The molecular weight excluding hydrogens is 302 g/mol. The number of carbonyl (C=O) groups excluding carboxylic acids is 1. The van der Waals surface area contributed by atoms with Gasteiger partial charge in [0.2, 0.25) is 5.91 Å². The van der Waals surface area contributed by atoms with E-state index in [1.807, 2.05) is 0 Å². The van der Waals surface area contributed by atoms with E-state index in [-0.39, 0.29) is 12.5 Å². The molecule has 0 aliphatic heterocycles. The summed E-state index contributed by atoms with van der Waals surface area (Å²) in [5, 5.41) is 12.5. The Morgan fingerprint density at radius 1 is 1.32 bits per heavy atom. The largest absolute Gasteiger partial charge is 0.459 e. The molecule has 0 bridgehead atoms. The van der Waals surface area contributed by atoms with Gasteiger partial charge in [-0.15, -0.1) is 0 Å². The van der Waals surface area contributed by atoms with Crippen LogP contribution in [0.2, 0.25) is 5.02 Å². The molecule has 2 N–H and O–H groups in total. The van der Waals surface area contributed by atoms with Crippen molar-refractivity contribution in [2.75, 3.05) is 5.32 Å². The van der Waals surface area contributed by atoms with Crippen molar-refractivity contribution in [3.05, 3.63) is 41.1 Å². The number of halogens is 1. The average Bonchev–Trinajstić information content (AvgIpc) is 2.96. The van der Waals surface area contributed by atoms with E-state index in [0.29, 0.717) is 40.1 Å². The van der Waals surface area contributed by atoms with Gasteiger partial charge in [0.15, 0.2) is 0 Å². The molecule has 0 radical (unpaired) electrons. The SMILES string of the molecule is CC(C)CCC(=O)Nc1ccc(Cl)c(-c2ccc(CO)o2)c1. The first-order valence-corrected chi connectivity index (χ1v) is 7.66. The molecule has 0 fully saturated rings. The van der Waals surface area contributed by atoms with E-state index in [2.05, 4.69) is 19.2 Å². The van der Waals surface area contributed by atoms with Gasteiger partial charge in [-0.05, 0) is 42.7 Å². The van der Waals surface area contributed by atoms with Gasteiger partial charge in [-0.3, -0.25) is 4.79 Å². The molecule has 0 spiro atoms. The van der Waals surface area contributed by atoms with E-state index in [4.69, 9.17) is 21.1 Å². The molecule has 0 aliphatic carbocycles. The van der Waals surface area contributed by atoms with E-state index in [0.717, 1.165) is 6.42 Å². The summed E-state index contributed by atoms with van der Waals surface area (Å²) in [5.41, 5.74) is 1.36. The van der Waals surface area contributed by atoms with Crippen molar-refractivity contribution in [3.8, 4) is 11.3 Å². The number of aliphatic hydroxyl groups is 1. The number of amides is 1. The van der Waals surface area contributed by atoms with Crippen molar-refractivity contribution in [3.63, 3.8) is 0 Å². The van der Waals surface area contributed by atoms with Gasteiger partial charge >= 0.3 is 0 Å². The Kier molecular flexibility index (Phi) is 5.63. The predicted octanol–water partition coefficient (Wildman–Crippen LogP) is 4.47. The Labute approximate surface area is 135 Å². The van der Waals surface area contributed by atoms with Crippen LogP contribution in [0.4, 0.5) is 5.69 Å². The second kappa shape index (κ2) is 7.47. The molecule has 0 atom stereocenters. The number of hydrogen-bond acceptors (Lipinski definition) is 3. The molecule has 4 nitrogen and oxygen atoms in total. The summed E-state index contributed by atoms with van der Waals surface area (Å²) < 4.78 is 5.49. The summed E-state index contributed by atoms with van der Waals surface area (Å²) >= 11 is 6.19. The summed E-state index contributed by atoms with van der Waals surface area (Å²) in [5.74, 6) is 1.51. The molecule has 1 amide bonds. The first-order chi connectivity index (χ1) is 10.5. The molecule has 2 aromatic rings. The number of benzene rings is 1. The molecule has 0 unspecified atom stereocenters. The van der Waals surface area contributed by atoms with Crippen LogP contribution in [0.3, 0.4) is 0 Å².